The van der Waals surface area contributed by atoms with Crippen molar-refractivity contribution in [3.8, 4) is 0 Å². The highest BCUT2D eigenvalue weighted by atomic mass is 28.4. The van der Waals surface area contributed by atoms with Crippen LogP contribution in [0.3, 0.4) is 0 Å². The van der Waals surface area contributed by atoms with E-state index in [2.05, 4.69) is 32.7 Å². The average Bonchev–Trinajstić information content (AvgIpc) is 3.34. The molecule has 0 aromatic carbocycles. The summed E-state index contributed by atoms with van der Waals surface area (Å²) in [6.45, 7) is 10.5. The SMILES string of the molecule is CC[C@]12O[C@@H](n3cc(C)c(=O)[nH]c3=O)[C@@H](OC13CC3)C2O[Si](CC)(CC)CC. The van der Waals surface area contributed by atoms with Gasteiger partial charge in [-0.3, -0.25) is 14.3 Å². The third-order valence-electron chi connectivity index (χ3n) is 7.46. The molecule has 2 bridgehead atoms. The van der Waals surface area contributed by atoms with Crippen molar-refractivity contribution >= 4 is 8.32 Å². The van der Waals surface area contributed by atoms with E-state index in [0.717, 1.165) is 37.4 Å². The number of nitrogens with one attached hydrogen (secondary N) is 1. The number of rotatable bonds is 7. The Kier molecular flexibility index (Phi) is 4.77. The molecule has 8 heteroatoms. The first kappa shape index (κ1) is 20.1. The third kappa shape index (κ3) is 2.57. The molecule has 1 aromatic heterocycles. The first-order valence-corrected chi connectivity index (χ1v) is 13.2. The molecule has 4 atom stereocenters. The maximum Gasteiger partial charge on any atom is 0.330 e. The maximum atomic E-state index is 12.5. The first-order valence-electron chi connectivity index (χ1n) is 10.7. The Balaban J connectivity index is 1.76. The minimum atomic E-state index is -1.89. The lowest BCUT2D eigenvalue weighted by atomic mass is 9.88. The number of aryl methyl sites for hydroxylation is 1. The molecule has 1 saturated carbocycles. The molecule has 1 N–H and O–H groups in total. The van der Waals surface area contributed by atoms with Crippen LogP contribution < -0.4 is 11.2 Å². The number of H-pyrrole nitrogens is 1. The zero-order chi connectivity index (χ0) is 20.3. The van der Waals surface area contributed by atoms with E-state index >= 15 is 0 Å². The zero-order valence-electron chi connectivity index (χ0n) is 17.5. The molecule has 3 aliphatic rings. The van der Waals surface area contributed by atoms with Crippen molar-refractivity contribution in [1.82, 2.24) is 9.55 Å². The number of nitrogens with zero attached hydrogens (tertiary/aromatic N) is 1. The van der Waals surface area contributed by atoms with Crippen LogP contribution in [0.5, 0.6) is 0 Å². The van der Waals surface area contributed by atoms with Gasteiger partial charge in [0.1, 0.15) is 23.4 Å². The highest BCUT2D eigenvalue weighted by Crippen LogP contribution is 2.66. The summed E-state index contributed by atoms with van der Waals surface area (Å²) in [6, 6.07) is 3.16. The summed E-state index contributed by atoms with van der Waals surface area (Å²) in [6.07, 6.45) is 3.24. The quantitative estimate of drug-likeness (QED) is 0.702. The van der Waals surface area contributed by atoms with Crippen molar-refractivity contribution in [3.63, 3.8) is 0 Å². The zero-order valence-corrected chi connectivity index (χ0v) is 18.5. The predicted octanol–water partition coefficient (Wildman–Crippen LogP) is 2.84. The third-order valence-corrected chi connectivity index (χ3v) is 12.1. The highest BCUT2D eigenvalue weighted by molar-refractivity contribution is 6.73. The fraction of sp³-hybridized carbons (Fsp3) is 0.800. The summed E-state index contributed by atoms with van der Waals surface area (Å²) in [5, 5.41) is 0. The second-order valence-corrected chi connectivity index (χ2v) is 13.3. The van der Waals surface area contributed by atoms with Gasteiger partial charge in [0.15, 0.2) is 14.5 Å². The topological polar surface area (TPSA) is 82.6 Å². The summed E-state index contributed by atoms with van der Waals surface area (Å²) in [5.41, 5.74) is -1.14. The molecule has 3 fully saturated rings. The van der Waals surface area contributed by atoms with Crippen LogP contribution in [-0.4, -0.2) is 41.3 Å². The van der Waals surface area contributed by atoms with Gasteiger partial charge in [0, 0.05) is 11.8 Å². The highest BCUT2D eigenvalue weighted by Gasteiger charge is 2.78. The molecule has 1 aromatic rings. The van der Waals surface area contributed by atoms with Gasteiger partial charge in [-0.2, -0.15) is 0 Å². The van der Waals surface area contributed by atoms with Crippen molar-refractivity contribution in [3.05, 3.63) is 32.6 Å². The van der Waals surface area contributed by atoms with E-state index in [-0.39, 0.29) is 23.4 Å². The standard InChI is InChI=1S/C20H32N2O5Si/c1-6-20-15(27-28(7-2,8-3)9-4)14(25-19(20)10-11-19)17(26-20)22-12-13(5)16(23)21-18(22)24/h12,14-15,17H,6-11H2,1-5H3,(H,21,23,24)/t14-,15?,17+,20+/m0/s1. The molecular weight excluding hydrogens is 376 g/mol. The molecule has 2 saturated heterocycles. The van der Waals surface area contributed by atoms with E-state index in [1.165, 1.54) is 4.57 Å². The monoisotopic (exact) mass is 408 g/mol. The number of aromatic amines is 1. The molecule has 4 rings (SSSR count). The van der Waals surface area contributed by atoms with E-state index in [1.54, 1.807) is 13.1 Å². The van der Waals surface area contributed by atoms with Crippen molar-refractivity contribution in [2.75, 3.05) is 0 Å². The Morgan fingerprint density at radius 3 is 2.36 bits per heavy atom. The van der Waals surface area contributed by atoms with Gasteiger partial charge in [0.25, 0.3) is 5.56 Å². The van der Waals surface area contributed by atoms with Crippen LogP contribution in [0.15, 0.2) is 15.8 Å². The predicted molar refractivity (Wildman–Crippen MR) is 108 cm³/mol. The normalized spacial score (nSPS) is 33.0. The van der Waals surface area contributed by atoms with E-state index < -0.39 is 25.8 Å². The minimum Gasteiger partial charge on any atom is -0.408 e. The van der Waals surface area contributed by atoms with Gasteiger partial charge in [-0.25, -0.2) is 4.79 Å². The molecule has 7 nitrogen and oxygen atoms in total. The van der Waals surface area contributed by atoms with E-state index in [1.807, 2.05) is 0 Å². The summed E-state index contributed by atoms with van der Waals surface area (Å²) in [5.74, 6) is 0. The van der Waals surface area contributed by atoms with Crippen LogP contribution in [0.2, 0.25) is 18.1 Å². The lowest BCUT2D eigenvalue weighted by molar-refractivity contribution is -0.225. The first-order chi connectivity index (χ1) is 13.3. The minimum absolute atomic E-state index is 0.171. The van der Waals surface area contributed by atoms with Crippen LogP contribution in [0.4, 0.5) is 0 Å². The lowest BCUT2D eigenvalue weighted by Gasteiger charge is -2.40. The van der Waals surface area contributed by atoms with E-state index in [4.69, 9.17) is 13.9 Å². The van der Waals surface area contributed by atoms with Crippen molar-refractivity contribution in [2.45, 2.75) is 102 Å². The summed E-state index contributed by atoms with van der Waals surface area (Å²) in [4.78, 5) is 26.7. The fourth-order valence-corrected chi connectivity index (χ4v) is 8.16. The Hall–Kier alpha value is -1.22. The van der Waals surface area contributed by atoms with Crippen molar-refractivity contribution < 1.29 is 13.9 Å². The van der Waals surface area contributed by atoms with Gasteiger partial charge >= 0.3 is 5.69 Å². The average molecular weight is 409 g/mol. The van der Waals surface area contributed by atoms with Crippen LogP contribution in [-0.2, 0) is 13.9 Å². The number of fused-ring (bicyclic) bond motifs is 3. The van der Waals surface area contributed by atoms with Crippen LogP contribution in [0, 0.1) is 6.92 Å². The van der Waals surface area contributed by atoms with Gasteiger partial charge in [0.2, 0.25) is 0 Å². The number of ether oxygens (including phenoxy) is 2. The Morgan fingerprint density at radius 1 is 1.18 bits per heavy atom. The molecule has 0 amide bonds. The van der Waals surface area contributed by atoms with Crippen molar-refractivity contribution in [1.29, 1.82) is 0 Å². The molecule has 156 valence electrons. The molecule has 0 radical (unpaired) electrons. The molecular formula is C20H32N2O5Si. The van der Waals surface area contributed by atoms with Gasteiger partial charge in [-0.05, 0) is 44.3 Å². The Morgan fingerprint density at radius 2 is 1.82 bits per heavy atom. The van der Waals surface area contributed by atoms with Gasteiger partial charge in [-0.15, -0.1) is 0 Å². The smallest absolute Gasteiger partial charge is 0.330 e. The second-order valence-electron chi connectivity index (χ2n) is 8.59. The maximum absolute atomic E-state index is 12.5. The lowest BCUT2D eigenvalue weighted by Crippen LogP contribution is -2.53. The molecule has 1 unspecified atom stereocenters. The van der Waals surface area contributed by atoms with Crippen LogP contribution >= 0.6 is 0 Å². The van der Waals surface area contributed by atoms with E-state index in [0.29, 0.717) is 5.56 Å². The molecule has 1 aliphatic carbocycles. The Bertz CT molecular complexity index is 864. The van der Waals surface area contributed by atoms with Gasteiger partial charge < -0.3 is 13.9 Å². The number of hydrogen-bond donors (Lipinski definition) is 1. The van der Waals surface area contributed by atoms with E-state index in [9.17, 15) is 9.59 Å². The summed E-state index contributed by atoms with van der Waals surface area (Å²) >= 11 is 0. The van der Waals surface area contributed by atoms with Crippen LogP contribution in [0.1, 0.15) is 58.7 Å². The fourth-order valence-electron chi connectivity index (χ4n) is 5.29. The molecule has 2 aliphatic heterocycles. The molecule has 1 spiro atoms. The largest absolute Gasteiger partial charge is 0.408 e. The van der Waals surface area contributed by atoms with Crippen LogP contribution in [0.25, 0.3) is 0 Å². The Labute approximate surface area is 166 Å². The summed E-state index contributed by atoms with van der Waals surface area (Å²) in [7, 11) is -1.89. The van der Waals surface area contributed by atoms with Crippen molar-refractivity contribution in [2.24, 2.45) is 0 Å². The number of hydrogen-bond acceptors (Lipinski definition) is 5. The molecule has 3 heterocycles. The van der Waals surface area contributed by atoms with Gasteiger partial charge in [-0.1, -0.05) is 27.7 Å². The second kappa shape index (κ2) is 6.65. The van der Waals surface area contributed by atoms with Gasteiger partial charge in [0.05, 0.1) is 0 Å². The molecule has 28 heavy (non-hydrogen) atoms. The summed E-state index contributed by atoms with van der Waals surface area (Å²) < 4.78 is 21.6. The number of aromatic nitrogens is 2.